The van der Waals surface area contributed by atoms with Gasteiger partial charge in [0.15, 0.2) is 5.78 Å². The summed E-state index contributed by atoms with van der Waals surface area (Å²) in [5.74, 6) is -0.123. The van der Waals surface area contributed by atoms with E-state index >= 15 is 0 Å². The molecule has 1 unspecified atom stereocenters. The molecule has 0 bridgehead atoms. The lowest BCUT2D eigenvalue weighted by Crippen LogP contribution is -2.35. The number of rotatable bonds is 9. The summed E-state index contributed by atoms with van der Waals surface area (Å²) in [5.41, 5.74) is 0. The van der Waals surface area contributed by atoms with Crippen molar-refractivity contribution in [2.75, 3.05) is 13.2 Å². The molecule has 26 heavy (non-hydrogen) atoms. The molecule has 2 N–H and O–H groups in total. The van der Waals surface area contributed by atoms with Crippen LogP contribution in [0.2, 0.25) is 14.4 Å². The second-order valence-corrected chi connectivity index (χ2v) is 7.85. The van der Waals surface area contributed by atoms with E-state index in [0.717, 1.165) is 0 Å². The van der Waals surface area contributed by atoms with Gasteiger partial charge in [-0.15, -0.1) is 11.3 Å². The fourth-order valence-corrected chi connectivity index (χ4v) is 3.33. The van der Waals surface area contributed by atoms with E-state index in [4.69, 9.17) is 39.5 Å². The van der Waals surface area contributed by atoms with Gasteiger partial charge < -0.3 is 15.2 Å². The van der Waals surface area contributed by atoms with Crippen LogP contribution in [0.3, 0.4) is 0 Å². The Morgan fingerprint density at radius 2 is 1.92 bits per heavy atom. The number of thiophene rings is 1. The largest absolute Gasteiger partial charge is 0.489 e. The Morgan fingerprint density at radius 3 is 2.62 bits per heavy atom. The van der Waals surface area contributed by atoms with Crippen molar-refractivity contribution in [1.29, 1.82) is 0 Å². The van der Waals surface area contributed by atoms with Crippen LogP contribution in [0.5, 0.6) is 5.75 Å². The predicted molar refractivity (Wildman–Crippen MR) is 104 cm³/mol. The minimum atomic E-state index is -0.930. The molecule has 5 nitrogen and oxygen atoms in total. The van der Waals surface area contributed by atoms with Gasteiger partial charge in [0, 0.05) is 19.4 Å². The van der Waals surface area contributed by atoms with Crippen molar-refractivity contribution in [3.8, 4) is 5.75 Å². The predicted octanol–water partition coefficient (Wildman–Crippen LogP) is 4.23. The van der Waals surface area contributed by atoms with Crippen molar-refractivity contribution >= 4 is 57.8 Å². The molecule has 0 aliphatic carbocycles. The first-order valence-corrected chi connectivity index (χ1v) is 9.62. The summed E-state index contributed by atoms with van der Waals surface area (Å²) in [6.45, 7) is -0.0665. The summed E-state index contributed by atoms with van der Waals surface area (Å²) in [6, 6.07) is 8.20. The lowest BCUT2D eigenvalue weighted by atomic mass is 10.2. The van der Waals surface area contributed by atoms with E-state index < -0.39 is 6.10 Å². The standard InChI is InChI=1S/C17H16Cl3NO4S/c18-11-2-1-3-13(17(11)20)25-9-10(22)8-21-16(24)7-4-12(23)14-5-6-15(19)26-14/h1-3,5-6,10,22H,4,7-9H2,(H,21,24). The monoisotopic (exact) mass is 435 g/mol. The lowest BCUT2D eigenvalue weighted by Gasteiger charge is -2.14. The Labute approximate surface area is 169 Å². The number of Topliss-reactive ketones (excluding diaryl/α,β-unsaturated/α-hetero) is 1. The molecule has 0 saturated carbocycles. The first-order valence-electron chi connectivity index (χ1n) is 7.67. The molecular formula is C17H16Cl3NO4S. The van der Waals surface area contributed by atoms with Crippen molar-refractivity contribution in [2.24, 2.45) is 0 Å². The number of hydrogen-bond donors (Lipinski definition) is 2. The molecule has 0 fully saturated rings. The van der Waals surface area contributed by atoms with Gasteiger partial charge in [0.1, 0.15) is 23.5 Å². The molecule has 0 aliphatic rings. The first kappa shape index (κ1) is 21.0. The summed E-state index contributed by atoms with van der Waals surface area (Å²) < 4.78 is 5.92. The summed E-state index contributed by atoms with van der Waals surface area (Å²) >= 11 is 18.8. The maximum atomic E-state index is 11.9. The number of halogens is 3. The molecule has 140 valence electrons. The van der Waals surface area contributed by atoms with Gasteiger partial charge in [-0.3, -0.25) is 9.59 Å². The molecule has 1 amide bonds. The molecule has 2 aromatic rings. The maximum absolute atomic E-state index is 11.9. The Kier molecular flexibility index (Phi) is 8.18. The molecule has 0 aliphatic heterocycles. The topological polar surface area (TPSA) is 75.6 Å². The number of amides is 1. The van der Waals surface area contributed by atoms with Crippen molar-refractivity contribution in [2.45, 2.75) is 18.9 Å². The molecule has 0 spiro atoms. The van der Waals surface area contributed by atoms with Gasteiger partial charge in [0.25, 0.3) is 0 Å². The van der Waals surface area contributed by atoms with Crippen LogP contribution in [0, 0.1) is 0 Å². The Hall–Kier alpha value is -1.31. The third kappa shape index (κ3) is 6.45. The third-order valence-electron chi connectivity index (χ3n) is 3.31. The second-order valence-electron chi connectivity index (χ2n) is 5.35. The fraction of sp³-hybridized carbons (Fsp3) is 0.294. The maximum Gasteiger partial charge on any atom is 0.220 e. The summed E-state index contributed by atoms with van der Waals surface area (Å²) in [7, 11) is 0. The smallest absolute Gasteiger partial charge is 0.220 e. The number of ketones is 1. The fourth-order valence-electron chi connectivity index (χ4n) is 1.97. The normalized spacial score (nSPS) is 11.8. The summed E-state index contributed by atoms with van der Waals surface area (Å²) in [6.07, 6.45) is -0.823. The number of hydrogen-bond acceptors (Lipinski definition) is 5. The molecular weight excluding hydrogens is 421 g/mol. The second kappa shape index (κ2) is 10.1. The third-order valence-corrected chi connectivity index (χ3v) is 5.38. The van der Waals surface area contributed by atoms with E-state index in [2.05, 4.69) is 5.32 Å². The molecule has 1 aromatic heterocycles. The average molecular weight is 437 g/mol. The van der Waals surface area contributed by atoms with Crippen LogP contribution in [0.25, 0.3) is 0 Å². The van der Waals surface area contributed by atoms with Crippen molar-refractivity contribution in [3.05, 3.63) is 49.6 Å². The van der Waals surface area contributed by atoms with Crippen LogP contribution in [0.1, 0.15) is 22.5 Å². The lowest BCUT2D eigenvalue weighted by molar-refractivity contribution is -0.121. The van der Waals surface area contributed by atoms with Crippen LogP contribution >= 0.6 is 46.1 Å². The molecule has 9 heteroatoms. The SMILES string of the molecule is O=C(CCC(=O)c1ccc(Cl)s1)NCC(O)COc1cccc(Cl)c1Cl. The molecule has 1 heterocycles. The number of benzene rings is 1. The zero-order chi connectivity index (χ0) is 19.1. The van der Waals surface area contributed by atoms with Crippen molar-refractivity contribution in [3.63, 3.8) is 0 Å². The number of ether oxygens (including phenoxy) is 1. The minimum Gasteiger partial charge on any atom is -0.489 e. The van der Waals surface area contributed by atoms with Gasteiger partial charge >= 0.3 is 0 Å². The molecule has 0 saturated heterocycles. The zero-order valence-electron chi connectivity index (χ0n) is 13.5. The number of nitrogens with one attached hydrogen (secondary N) is 1. The summed E-state index contributed by atoms with van der Waals surface area (Å²) in [5, 5.41) is 13.0. The van der Waals surface area contributed by atoms with E-state index in [9.17, 15) is 14.7 Å². The van der Waals surface area contributed by atoms with Crippen LogP contribution in [-0.4, -0.2) is 36.1 Å². The van der Waals surface area contributed by atoms with E-state index in [1.54, 1.807) is 30.3 Å². The van der Waals surface area contributed by atoms with Crippen LogP contribution in [0.15, 0.2) is 30.3 Å². The van der Waals surface area contributed by atoms with Gasteiger partial charge in [-0.2, -0.15) is 0 Å². The summed E-state index contributed by atoms with van der Waals surface area (Å²) in [4.78, 5) is 24.2. The molecule has 2 rings (SSSR count). The van der Waals surface area contributed by atoms with E-state index in [1.807, 2.05) is 0 Å². The molecule has 1 atom stereocenters. The molecule has 1 aromatic carbocycles. The highest BCUT2D eigenvalue weighted by Gasteiger charge is 2.13. The van der Waals surface area contributed by atoms with E-state index in [1.165, 1.54) is 11.3 Å². The Bertz CT molecular complexity index is 781. The van der Waals surface area contributed by atoms with E-state index in [0.29, 0.717) is 20.0 Å². The Balaban J connectivity index is 1.68. The quantitative estimate of drug-likeness (QED) is 0.577. The van der Waals surface area contributed by atoms with Crippen LogP contribution in [-0.2, 0) is 4.79 Å². The average Bonchev–Trinajstić information content (AvgIpc) is 3.05. The van der Waals surface area contributed by atoms with Gasteiger partial charge in [-0.05, 0) is 24.3 Å². The number of aliphatic hydroxyl groups excluding tert-OH is 1. The highest BCUT2D eigenvalue weighted by Crippen LogP contribution is 2.31. The van der Waals surface area contributed by atoms with Crippen LogP contribution < -0.4 is 10.1 Å². The van der Waals surface area contributed by atoms with Crippen molar-refractivity contribution in [1.82, 2.24) is 5.32 Å². The highest BCUT2D eigenvalue weighted by atomic mass is 35.5. The van der Waals surface area contributed by atoms with Gasteiger partial charge in [0.2, 0.25) is 5.91 Å². The number of aliphatic hydroxyl groups is 1. The van der Waals surface area contributed by atoms with Crippen LogP contribution in [0.4, 0.5) is 0 Å². The van der Waals surface area contributed by atoms with Gasteiger partial charge in [-0.1, -0.05) is 40.9 Å². The molecule has 0 radical (unpaired) electrons. The Morgan fingerprint density at radius 1 is 1.15 bits per heavy atom. The first-order chi connectivity index (χ1) is 12.4. The number of carbonyl (C=O) groups excluding carboxylic acids is 2. The van der Waals surface area contributed by atoms with Gasteiger partial charge in [-0.25, -0.2) is 0 Å². The number of carbonyl (C=O) groups is 2. The highest BCUT2D eigenvalue weighted by molar-refractivity contribution is 7.18. The van der Waals surface area contributed by atoms with Crippen molar-refractivity contribution < 1.29 is 19.4 Å². The minimum absolute atomic E-state index is 0.00393. The van der Waals surface area contributed by atoms with Gasteiger partial charge in [0.05, 0.1) is 14.2 Å². The van der Waals surface area contributed by atoms with E-state index in [-0.39, 0.29) is 42.7 Å². The zero-order valence-corrected chi connectivity index (χ0v) is 16.6.